The molecule has 2 unspecified atom stereocenters. The molecule has 6 rings (SSSR count). The third-order valence-electron chi connectivity index (χ3n) is 7.58. The van der Waals surface area contributed by atoms with Crippen molar-refractivity contribution in [3.63, 3.8) is 0 Å². The Morgan fingerprint density at radius 1 is 0.930 bits per heavy atom. The number of aliphatic hydroxyl groups excluding tert-OH is 1. The van der Waals surface area contributed by atoms with E-state index in [2.05, 4.69) is 6.58 Å². The van der Waals surface area contributed by atoms with Crippen LogP contribution in [-0.2, 0) is 30.3 Å². The molecule has 0 saturated heterocycles. The lowest BCUT2D eigenvalue weighted by molar-refractivity contribution is -0.117. The topological polar surface area (TPSA) is 160 Å². The second-order valence-electron chi connectivity index (χ2n) is 10.2. The monoisotopic (exact) mass is 584 g/mol. The van der Waals surface area contributed by atoms with Gasteiger partial charge < -0.3 is 34.6 Å². The third-order valence-corrected chi connectivity index (χ3v) is 7.58. The summed E-state index contributed by atoms with van der Waals surface area (Å²) < 4.78 is 15.4. The van der Waals surface area contributed by atoms with Crippen molar-refractivity contribution in [1.82, 2.24) is 0 Å². The maximum absolute atomic E-state index is 12.2. The molecular formula is C33H28O10. The molecule has 43 heavy (non-hydrogen) atoms. The summed E-state index contributed by atoms with van der Waals surface area (Å²) in [6.45, 7) is 3.64. The maximum atomic E-state index is 12.2. The zero-order chi connectivity index (χ0) is 31.1. The standard InChI is InChI=1S/C17H16O4.C16H12O6/c1-4-13(11-5-7-12(20-2)8-6-11)14-9-16(19)17(21-3)10-15(14)18;17-10-2-1-8-13-9-4-12(19)11(18)3-7(9)5-16(13,21)6-22-15(8)14(10)20/h4-10,13H,1H2,2-3H3;1-4,18-21H,5-6H2. The number of benzene rings is 2. The molecular weight excluding hydrogens is 556 g/mol. The number of ether oxygens (including phenoxy) is 3. The summed E-state index contributed by atoms with van der Waals surface area (Å²) in [5.74, 6) is -1.70. The average molecular weight is 585 g/mol. The van der Waals surface area contributed by atoms with Gasteiger partial charge in [-0.05, 0) is 59.2 Å². The number of allylic oxidation sites excluding steroid dienone is 6. The number of hydrogen-bond acceptors (Lipinski definition) is 10. The maximum Gasteiger partial charge on any atom is 0.224 e. The molecule has 1 heterocycles. The Balaban J connectivity index is 0.000000172. The summed E-state index contributed by atoms with van der Waals surface area (Å²) in [5.41, 5.74) is 2.06. The van der Waals surface area contributed by atoms with Crippen LogP contribution in [0.5, 0.6) is 17.2 Å². The minimum Gasteiger partial charge on any atom is -0.504 e. The predicted octanol–water partition coefficient (Wildman–Crippen LogP) is 3.65. The second-order valence-corrected chi connectivity index (χ2v) is 10.2. The van der Waals surface area contributed by atoms with Gasteiger partial charge in [0, 0.05) is 35.1 Å². The zero-order valence-corrected chi connectivity index (χ0v) is 23.3. The number of aromatic hydroxyl groups is 2. The van der Waals surface area contributed by atoms with Crippen molar-refractivity contribution in [3.05, 3.63) is 118 Å². The van der Waals surface area contributed by atoms with Crippen LogP contribution >= 0.6 is 0 Å². The van der Waals surface area contributed by atoms with E-state index in [0.717, 1.165) is 11.3 Å². The van der Waals surface area contributed by atoms with Gasteiger partial charge in [-0.15, -0.1) is 6.58 Å². The molecule has 2 atom stereocenters. The molecule has 0 fully saturated rings. The van der Waals surface area contributed by atoms with E-state index >= 15 is 0 Å². The predicted molar refractivity (Wildman–Crippen MR) is 154 cm³/mol. The zero-order valence-electron chi connectivity index (χ0n) is 23.3. The number of fused-ring (bicyclic) bond motifs is 4. The highest BCUT2D eigenvalue weighted by Gasteiger charge is 2.48. The summed E-state index contributed by atoms with van der Waals surface area (Å²) in [6, 6.07) is 10.1. The third kappa shape index (κ3) is 5.13. The van der Waals surface area contributed by atoms with Gasteiger partial charge in [-0.1, -0.05) is 18.2 Å². The quantitative estimate of drug-likeness (QED) is 0.232. The Morgan fingerprint density at radius 3 is 2.28 bits per heavy atom. The van der Waals surface area contributed by atoms with Gasteiger partial charge >= 0.3 is 0 Å². The van der Waals surface area contributed by atoms with Crippen molar-refractivity contribution in [3.8, 4) is 17.2 Å². The fourth-order valence-electron chi connectivity index (χ4n) is 5.47. The molecule has 2 aromatic rings. The van der Waals surface area contributed by atoms with E-state index < -0.39 is 17.1 Å². The molecule has 0 saturated carbocycles. The van der Waals surface area contributed by atoms with Crippen molar-refractivity contribution < 1.29 is 49.0 Å². The summed E-state index contributed by atoms with van der Waals surface area (Å²) in [7, 11) is 2.95. The van der Waals surface area contributed by atoms with E-state index in [1.54, 1.807) is 25.3 Å². The van der Waals surface area contributed by atoms with E-state index in [-0.39, 0.29) is 53.5 Å². The van der Waals surface area contributed by atoms with Gasteiger partial charge in [0.05, 0.1) is 14.2 Å². The normalized spacial score (nSPS) is 21.0. The number of methoxy groups -OCH3 is 2. The van der Waals surface area contributed by atoms with Crippen molar-refractivity contribution in [1.29, 1.82) is 0 Å². The highest BCUT2D eigenvalue weighted by atomic mass is 16.5. The van der Waals surface area contributed by atoms with Crippen LogP contribution in [0.3, 0.4) is 0 Å². The van der Waals surface area contributed by atoms with E-state index in [0.29, 0.717) is 27.8 Å². The summed E-state index contributed by atoms with van der Waals surface area (Å²) in [5, 5.41) is 40.1. The Bertz CT molecular complexity index is 1720. The number of phenols is 2. The van der Waals surface area contributed by atoms with Crippen molar-refractivity contribution in [2.24, 2.45) is 0 Å². The van der Waals surface area contributed by atoms with Crippen LogP contribution in [0.1, 0.15) is 22.6 Å². The van der Waals surface area contributed by atoms with Gasteiger partial charge in [0.2, 0.25) is 17.3 Å². The fourth-order valence-corrected chi connectivity index (χ4v) is 5.47. The average Bonchev–Trinajstić information content (AvgIpc) is 3.28. The molecule has 4 N–H and O–H groups in total. The van der Waals surface area contributed by atoms with E-state index in [4.69, 9.17) is 14.2 Å². The number of aliphatic hydroxyl groups is 2. The first kappa shape index (κ1) is 29.2. The van der Waals surface area contributed by atoms with Gasteiger partial charge in [-0.25, -0.2) is 0 Å². The van der Waals surface area contributed by atoms with Crippen LogP contribution in [-0.4, -0.2) is 64.2 Å². The molecule has 3 aliphatic carbocycles. The first-order valence-corrected chi connectivity index (χ1v) is 13.1. The number of hydrogen-bond donors (Lipinski definition) is 4. The SMILES string of the molecule is C=CC(C1=CC(=O)C(OC)=CC1=O)c1ccc(OC)cc1.O=C1C=CC2=C3c4cc(O)c(O)cc4CC3(O)COC2=C1O. The number of phenolic OH excluding ortho intramolecular Hbond substituents is 2. The van der Waals surface area contributed by atoms with Gasteiger partial charge in [-0.2, -0.15) is 0 Å². The lowest BCUT2D eigenvalue weighted by Crippen LogP contribution is -2.39. The number of ketones is 3. The van der Waals surface area contributed by atoms with Crippen LogP contribution in [0.15, 0.2) is 102 Å². The van der Waals surface area contributed by atoms with Crippen LogP contribution in [0.2, 0.25) is 0 Å². The van der Waals surface area contributed by atoms with Crippen molar-refractivity contribution in [2.75, 3.05) is 20.8 Å². The summed E-state index contributed by atoms with van der Waals surface area (Å²) in [6.07, 6.45) is 7.08. The van der Waals surface area contributed by atoms with Gasteiger partial charge in [-0.3, -0.25) is 14.4 Å². The van der Waals surface area contributed by atoms with Crippen LogP contribution in [0.4, 0.5) is 0 Å². The first-order valence-electron chi connectivity index (χ1n) is 13.1. The molecule has 10 nitrogen and oxygen atoms in total. The number of carbonyl (C=O) groups is 3. The van der Waals surface area contributed by atoms with Gasteiger partial charge in [0.15, 0.2) is 28.8 Å². The van der Waals surface area contributed by atoms with E-state index in [1.165, 1.54) is 43.5 Å². The summed E-state index contributed by atoms with van der Waals surface area (Å²) >= 11 is 0. The molecule has 4 aliphatic rings. The van der Waals surface area contributed by atoms with Crippen molar-refractivity contribution >= 4 is 22.9 Å². The molecule has 10 heteroatoms. The molecule has 0 radical (unpaired) electrons. The molecule has 0 spiro atoms. The molecule has 1 aliphatic heterocycles. The van der Waals surface area contributed by atoms with Gasteiger partial charge in [0.1, 0.15) is 18.0 Å². The van der Waals surface area contributed by atoms with Gasteiger partial charge in [0.25, 0.3) is 0 Å². The van der Waals surface area contributed by atoms with Crippen LogP contribution in [0, 0.1) is 0 Å². The van der Waals surface area contributed by atoms with Crippen molar-refractivity contribution in [2.45, 2.75) is 17.9 Å². The molecule has 0 amide bonds. The lowest BCUT2D eigenvalue weighted by Gasteiger charge is -2.33. The minimum absolute atomic E-state index is 0.0348. The van der Waals surface area contributed by atoms with E-state index in [9.17, 15) is 34.8 Å². The Kier molecular flexibility index (Phi) is 7.56. The largest absolute Gasteiger partial charge is 0.504 e. The Morgan fingerprint density at radius 2 is 1.63 bits per heavy atom. The van der Waals surface area contributed by atoms with Crippen LogP contribution in [0.25, 0.3) is 5.57 Å². The Hall–Kier alpha value is -5.35. The van der Waals surface area contributed by atoms with Crippen LogP contribution < -0.4 is 4.74 Å². The highest BCUT2D eigenvalue weighted by Crippen LogP contribution is 2.50. The molecule has 0 bridgehead atoms. The van der Waals surface area contributed by atoms with E-state index in [1.807, 2.05) is 12.1 Å². The minimum atomic E-state index is -1.33. The number of rotatable bonds is 5. The Labute approximate surface area is 246 Å². The first-order chi connectivity index (χ1) is 20.5. The highest BCUT2D eigenvalue weighted by molar-refractivity contribution is 6.19. The second kappa shape index (κ2) is 11.1. The lowest BCUT2D eigenvalue weighted by atomic mass is 9.85. The molecule has 2 aromatic carbocycles. The number of carbonyl (C=O) groups excluding carboxylic acids is 3. The molecule has 220 valence electrons. The smallest absolute Gasteiger partial charge is 0.224 e. The summed E-state index contributed by atoms with van der Waals surface area (Å²) in [4.78, 5) is 35.5. The molecule has 0 aromatic heterocycles. The fraction of sp³-hybridized carbons (Fsp3) is 0.182.